The van der Waals surface area contributed by atoms with Gasteiger partial charge in [0.05, 0.1) is 12.1 Å². The number of hydrogen-bond donors (Lipinski definition) is 1. The van der Waals surface area contributed by atoms with E-state index in [0.29, 0.717) is 23.5 Å². The predicted octanol–water partition coefficient (Wildman–Crippen LogP) is 4.60. The van der Waals surface area contributed by atoms with Crippen molar-refractivity contribution in [1.82, 2.24) is 10.4 Å². The molecular weight excluding hydrogens is 352 g/mol. The normalized spacial score (nSPS) is 11.1. The average Bonchev–Trinajstić information content (AvgIpc) is 2.59. The van der Waals surface area contributed by atoms with Crippen molar-refractivity contribution in [2.45, 2.75) is 54.0 Å². The summed E-state index contributed by atoms with van der Waals surface area (Å²) in [6, 6.07) is 11.0. The van der Waals surface area contributed by atoms with Gasteiger partial charge in [0.15, 0.2) is 0 Å². The largest absolute Gasteiger partial charge is 0.494 e. The summed E-state index contributed by atoms with van der Waals surface area (Å²) in [5, 5.41) is 1.39. The summed E-state index contributed by atoms with van der Waals surface area (Å²) in [6.45, 7) is 13.8. The van der Waals surface area contributed by atoms with E-state index in [1.165, 1.54) is 5.01 Å². The smallest absolute Gasteiger partial charge is 0.273 e. The maximum atomic E-state index is 13.3. The molecule has 0 fully saturated rings. The Balaban J connectivity index is 2.38. The second-order valence-corrected chi connectivity index (χ2v) is 7.99. The van der Waals surface area contributed by atoms with Gasteiger partial charge in [-0.3, -0.25) is 15.0 Å². The lowest BCUT2D eigenvalue weighted by Crippen LogP contribution is -2.56. The van der Waals surface area contributed by atoms with Crippen molar-refractivity contribution in [1.29, 1.82) is 0 Å². The fourth-order valence-electron chi connectivity index (χ4n) is 3.07. The first kappa shape index (κ1) is 21.5. The van der Waals surface area contributed by atoms with Crippen LogP contribution >= 0.6 is 0 Å². The highest BCUT2D eigenvalue weighted by Crippen LogP contribution is 2.25. The zero-order chi connectivity index (χ0) is 21.1. The maximum absolute atomic E-state index is 13.3. The number of carbonyl (C=O) groups is 2. The van der Waals surface area contributed by atoms with Crippen molar-refractivity contribution in [2.75, 3.05) is 6.61 Å². The summed E-state index contributed by atoms with van der Waals surface area (Å²) in [6.07, 6.45) is 0. The first-order valence-corrected chi connectivity index (χ1v) is 9.51. The maximum Gasteiger partial charge on any atom is 0.273 e. The van der Waals surface area contributed by atoms with Gasteiger partial charge in [-0.15, -0.1) is 0 Å². The molecule has 0 bridgehead atoms. The molecular formula is C23H30N2O3. The van der Waals surface area contributed by atoms with Crippen LogP contribution in [-0.4, -0.2) is 29.0 Å². The van der Waals surface area contributed by atoms with Crippen LogP contribution in [0.5, 0.6) is 5.75 Å². The molecule has 5 nitrogen and oxygen atoms in total. The summed E-state index contributed by atoms with van der Waals surface area (Å²) < 4.78 is 5.61. The standard InChI is InChI=1S/C23H30N2O3/c1-8-28-20-11-9-10-19(17(20)4)22(27)25(23(5,6)7)24-21(26)18-13-15(2)12-16(3)14-18/h9-14H,8H2,1-7H3,(H,24,26). The molecule has 5 heteroatoms. The fraction of sp³-hybridized carbons (Fsp3) is 0.391. The van der Waals surface area contributed by atoms with Crippen LogP contribution in [0.2, 0.25) is 0 Å². The third-order valence-corrected chi connectivity index (χ3v) is 4.39. The summed E-state index contributed by atoms with van der Waals surface area (Å²) >= 11 is 0. The average molecular weight is 383 g/mol. The molecule has 2 aromatic carbocycles. The number of nitrogens with zero attached hydrogens (tertiary/aromatic N) is 1. The molecule has 0 spiro atoms. The quantitative estimate of drug-likeness (QED) is 0.787. The molecule has 0 saturated heterocycles. The Labute approximate surface area is 167 Å². The van der Waals surface area contributed by atoms with E-state index in [9.17, 15) is 9.59 Å². The molecule has 2 aromatic rings. The van der Waals surface area contributed by atoms with E-state index in [2.05, 4.69) is 5.43 Å². The van der Waals surface area contributed by atoms with E-state index in [0.717, 1.165) is 16.7 Å². The van der Waals surface area contributed by atoms with Gasteiger partial charge in [-0.1, -0.05) is 23.3 Å². The molecule has 0 heterocycles. The van der Waals surface area contributed by atoms with E-state index in [-0.39, 0.29) is 11.8 Å². The molecule has 2 rings (SSSR count). The predicted molar refractivity (Wildman–Crippen MR) is 112 cm³/mol. The van der Waals surface area contributed by atoms with Crippen LogP contribution in [0.15, 0.2) is 36.4 Å². The van der Waals surface area contributed by atoms with Gasteiger partial charge in [0.2, 0.25) is 0 Å². The monoisotopic (exact) mass is 382 g/mol. The minimum atomic E-state index is -0.611. The number of benzene rings is 2. The first-order valence-electron chi connectivity index (χ1n) is 9.51. The van der Waals surface area contributed by atoms with Crippen molar-refractivity contribution in [3.8, 4) is 5.75 Å². The number of rotatable bonds is 4. The fourth-order valence-corrected chi connectivity index (χ4v) is 3.07. The van der Waals surface area contributed by atoms with E-state index < -0.39 is 5.54 Å². The van der Waals surface area contributed by atoms with E-state index in [1.54, 1.807) is 12.1 Å². The van der Waals surface area contributed by atoms with E-state index in [1.807, 2.05) is 72.7 Å². The van der Waals surface area contributed by atoms with Crippen molar-refractivity contribution in [3.05, 3.63) is 64.2 Å². The lowest BCUT2D eigenvalue weighted by molar-refractivity contribution is 0.0357. The van der Waals surface area contributed by atoms with Gasteiger partial charge in [-0.25, -0.2) is 5.01 Å². The minimum Gasteiger partial charge on any atom is -0.494 e. The van der Waals surface area contributed by atoms with Gasteiger partial charge in [0.1, 0.15) is 5.75 Å². The van der Waals surface area contributed by atoms with Crippen molar-refractivity contribution in [2.24, 2.45) is 0 Å². The van der Waals surface area contributed by atoms with Crippen LogP contribution in [0.1, 0.15) is 65.1 Å². The summed E-state index contributed by atoms with van der Waals surface area (Å²) in [5.41, 5.74) is 5.98. The van der Waals surface area contributed by atoms with Crippen LogP contribution in [0.25, 0.3) is 0 Å². The highest BCUT2D eigenvalue weighted by molar-refractivity contribution is 6.00. The molecule has 0 aliphatic rings. The molecule has 0 aliphatic heterocycles. The molecule has 0 unspecified atom stereocenters. The van der Waals surface area contributed by atoms with Crippen molar-refractivity contribution >= 4 is 11.8 Å². The highest BCUT2D eigenvalue weighted by atomic mass is 16.5. The number of carbonyl (C=O) groups excluding carboxylic acids is 2. The summed E-state index contributed by atoms with van der Waals surface area (Å²) in [5.74, 6) is 0.0841. The Morgan fingerprint density at radius 1 is 1.04 bits per heavy atom. The Hall–Kier alpha value is -2.82. The highest BCUT2D eigenvalue weighted by Gasteiger charge is 2.31. The van der Waals surface area contributed by atoms with Gasteiger partial charge in [0, 0.05) is 16.7 Å². The summed E-state index contributed by atoms with van der Waals surface area (Å²) in [7, 11) is 0. The second-order valence-electron chi connectivity index (χ2n) is 7.99. The third-order valence-electron chi connectivity index (χ3n) is 4.39. The first-order chi connectivity index (χ1) is 13.0. The molecule has 0 radical (unpaired) electrons. The number of aryl methyl sites for hydroxylation is 2. The van der Waals surface area contributed by atoms with Crippen LogP contribution < -0.4 is 10.2 Å². The minimum absolute atomic E-state index is 0.274. The lowest BCUT2D eigenvalue weighted by Gasteiger charge is -2.36. The lowest BCUT2D eigenvalue weighted by atomic mass is 10.0. The van der Waals surface area contributed by atoms with Gasteiger partial charge in [0.25, 0.3) is 11.8 Å². The molecule has 0 saturated carbocycles. The molecule has 0 atom stereocenters. The van der Waals surface area contributed by atoms with Gasteiger partial charge in [-0.2, -0.15) is 0 Å². The Morgan fingerprint density at radius 3 is 2.18 bits per heavy atom. The Bertz CT molecular complexity index is 862. The number of nitrogens with one attached hydrogen (secondary N) is 1. The molecule has 150 valence electrons. The van der Waals surface area contributed by atoms with Crippen LogP contribution in [-0.2, 0) is 0 Å². The molecule has 28 heavy (non-hydrogen) atoms. The van der Waals surface area contributed by atoms with E-state index in [4.69, 9.17) is 4.74 Å². The van der Waals surface area contributed by atoms with Gasteiger partial charge in [-0.05, 0) is 72.7 Å². The van der Waals surface area contributed by atoms with Crippen LogP contribution in [0.3, 0.4) is 0 Å². The Kier molecular flexibility index (Phi) is 6.49. The topological polar surface area (TPSA) is 58.6 Å². The van der Waals surface area contributed by atoms with Gasteiger partial charge >= 0.3 is 0 Å². The van der Waals surface area contributed by atoms with Gasteiger partial charge < -0.3 is 4.74 Å². The van der Waals surface area contributed by atoms with Crippen molar-refractivity contribution < 1.29 is 14.3 Å². The number of ether oxygens (including phenoxy) is 1. The zero-order valence-corrected chi connectivity index (χ0v) is 17.8. The number of hydrazine groups is 1. The van der Waals surface area contributed by atoms with Crippen molar-refractivity contribution in [3.63, 3.8) is 0 Å². The van der Waals surface area contributed by atoms with E-state index >= 15 is 0 Å². The van der Waals surface area contributed by atoms with Crippen LogP contribution in [0.4, 0.5) is 0 Å². The molecule has 2 amide bonds. The molecule has 0 aromatic heterocycles. The second kappa shape index (κ2) is 8.46. The Morgan fingerprint density at radius 2 is 1.64 bits per heavy atom. The SMILES string of the molecule is CCOc1cccc(C(=O)N(NC(=O)c2cc(C)cc(C)c2)C(C)(C)C)c1C. The zero-order valence-electron chi connectivity index (χ0n) is 17.8. The number of hydrogen-bond acceptors (Lipinski definition) is 3. The molecule has 0 aliphatic carbocycles. The summed E-state index contributed by atoms with van der Waals surface area (Å²) in [4.78, 5) is 26.2. The number of amides is 2. The van der Waals surface area contributed by atoms with Crippen LogP contribution in [0, 0.1) is 20.8 Å². The third kappa shape index (κ3) is 4.91. The molecule has 1 N–H and O–H groups in total.